The monoisotopic (exact) mass is 394 g/mol. The molecule has 4 rings (SSSR count). The smallest absolute Gasteiger partial charge is 0.274 e. The molecule has 1 saturated heterocycles. The van der Waals surface area contributed by atoms with Crippen molar-refractivity contribution in [2.24, 2.45) is 0 Å². The Morgan fingerprint density at radius 1 is 1.18 bits per heavy atom. The van der Waals surface area contributed by atoms with Gasteiger partial charge in [-0.2, -0.15) is 0 Å². The summed E-state index contributed by atoms with van der Waals surface area (Å²) < 4.78 is 0. The molecule has 0 unspecified atom stereocenters. The molecule has 0 aliphatic carbocycles. The molecular formula is C20H22N6OS. The van der Waals surface area contributed by atoms with Crippen LogP contribution in [-0.4, -0.2) is 37.3 Å². The van der Waals surface area contributed by atoms with Crippen LogP contribution in [-0.2, 0) is 0 Å². The summed E-state index contributed by atoms with van der Waals surface area (Å²) >= 11 is 1.61. The largest absolute Gasteiger partial charge is 0.329 e. The number of rotatable bonds is 4. The number of carbonyl (C=O) groups excluding carboxylic acids is 1. The van der Waals surface area contributed by atoms with Crippen LogP contribution in [0.4, 0.5) is 10.9 Å². The van der Waals surface area contributed by atoms with Gasteiger partial charge >= 0.3 is 0 Å². The Morgan fingerprint density at radius 2 is 2.04 bits per heavy atom. The van der Waals surface area contributed by atoms with E-state index < -0.39 is 0 Å². The number of nitrogens with zero attached hydrogens (tertiary/aromatic N) is 5. The molecule has 1 aliphatic heterocycles. The van der Waals surface area contributed by atoms with Crippen molar-refractivity contribution in [1.82, 2.24) is 24.8 Å². The van der Waals surface area contributed by atoms with Crippen LogP contribution < -0.4 is 5.32 Å². The zero-order valence-electron chi connectivity index (χ0n) is 16.1. The zero-order chi connectivity index (χ0) is 19.7. The summed E-state index contributed by atoms with van der Waals surface area (Å²) in [7, 11) is 0. The lowest BCUT2D eigenvalue weighted by Crippen LogP contribution is -2.31. The first-order valence-electron chi connectivity index (χ1n) is 9.29. The number of aryl methyl sites for hydroxylation is 3. The molecule has 3 aromatic heterocycles. The van der Waals surface area contributed by atoms with Crippen molar-refractivity contribution < 1.29 is 4.79 Å². The summed E-state index contributed by atoms with van der Waals surface area (Å²) in [5, 5.41) is 4.11. The molecule has 1 atom stereocenters. The fourth-order valence-electron chi connectivity index (χ4n) is 3.31. The molecule has 0 saturated carbocycles. The third kappa shape index (κ3) is 3.73. The van der Waals surface area contributed by atoms with Crippen molar-refractivity contribution in [2.45, 2.75) is 39.7 Å². The van der Waals surface area contributed by atoms with Gasteiger partial charge in [-0.05, 0) is 45.7 Å². The molecule has 28 heavy (non-hydrogen) atoms. The van der Waals surface area contributed by atoms with E-state index in [4.69, 9.17) is 4.98 Å². The maximum absolute atomic E-state index is 12.9. The van der Waals surface area contributed by atoms with Crippen molar-refractivity contribution in [3.63, 3.8) is 0 Å². The number of hydrogen-bond acceptors (Lipinski definition) is 7. The first-order valence-corrected chi connectivity index (χ1v) is 10.1. The predicted molar refractivity (Wildman–Crippen MR) is 109 cm³/mol. The van der Waals surface area contributed by atoms with E-state index in [0.717, 1.165) is 40.9 Å². The number of amides is 1. The molecule has 1 N–H and O–H groups in total. The third-order valence-electron chi connectivity index (χ3n) is 4.89. The Morgan fingerprint density at radius 3 is 2.75 bits per heavy atom. The fourth-order valence-corrected chi connectivity index (χ4v) is 4.13. The second-order valence-electron chi connectivity index (χ2n) is 6.93. The second-order valence-corrected chi connectivity index (χ2v) is 8.14. The van der Waals surface area contributed by atoms with Gasteiger partial charge in [-0.3, -0.25) is 9.78 Å². The zero-order valence-corrected chi connectivity index (χ0v) is 17.0. The first kappa shape index (κ1) is 18.5. The van der Waals surface area contributed by atoms with Crippen molar-refractivity contribution in [3.05, 3.63) is 58.2 Å². The van der Waals surface area contributed by atoms with Gasteiger partial charge in [0.1, 0.15) is 11.5 Å². The minimum Gasteiger partial charge on any atom is -0.329 e. The van der Waals surface area contributed by atoms with Gasteiger partial charge in [0.2, 0.25) is 0 Å². The Kier molecular flexibility index (Phi) is 5.04. The first-order chi connectivity index (χ1) is 13.5. The maximum atomic E-state index is 12.9. The normalized spacial score (nSPS) is 16.4. The average Bonchev–Trinajstić information content (AvgIpc) is 3.29. The number of hydrogen-bond donors (Lipinski definition) is 1. The minimum atomic E-state index is -0.0960. The van der Waals surface area contributed by atoms with Crippen LogP contribution in [0, 0.1) is 20.8 Å². The number of carbonyl (C=O) groups is 1. The Balaban J connectivity index is 1.55. The van der Waals surface area contributed by atoms with Gasteiger partial charge < -0.3 is 10.2 Å². The number of likely N-dealkylation sites (tertiary alicyclic amines) is 1. The van der Waals surface area contributed by atoms with E-state index in [2.05, 4.69) is 27.2 Å². The van der Waals surface area contributed by atoms with E-state index in [9.17, 15) is 4.79 Å². The predicted octanol–water partition coefficient (Wildman–Crippen LogP) is 3.97. The lowest BCUT2D eigenvalue weighted by Gasteiger charge is -2.24. The second kappa shape index (κ2) is 7.63. The Bertz CT molecular complexity index is 981. The topological polar surface area (TPSA) is 83.9 Å². The third-order valence-corrected chi connectivity index (χ3v) is 5.88. The van der Waals surface area contributed by atoms with Crippen molar-refractivity contribution in [3.8, 4) is 0 Å². The lowest BCUT2D eigenvalue weighted by atomic mass is 10.1. The highest BCUT2D eigenvalue weighted by Gasteiger charge is 2.32. The molecule has 0 spiro atoms. The van der Waals surface area contributed by atoms with E-state index >= 15 is 0 Å². The summed E-state index contributed by atoms with van der Waals surface area (Å²) in [5.41, 5.74) is 3.07. The maximum Gasteiger partial charge on any atom is 0.274 e. The van der Waals surface area contributed by atoms with Crippen LogP contribution in [0.1, 0.15) is 51.3 Å². The SMILES string of the molecule is Cc1cnc(C(=O)N2CCC[C@@H]2c2cccc(Nc3nc(C)c(C)s3)n2)cn1. The number of nitrogens with one attached hydrogen (secondary N) is 1. The Labute approximate surface area is 167 Å². The quantitative estimate of drug-likeness (QED) is 0.721. The Hall–Kier alpha value is -2.87. The van der Waals surface area contributed by atoms with Crippen LogP contribution in [0.3, 0.4) is 0 Å². The minimum absolute atomic E-state index is 0.0582. The van der Waals surface area contributed by atoms with E-state index in [0.29, 0.717) is 12.2 Å². The van der Waals surface area contributed by atoms with Gasteiger partial charge in [0.15, 0.2) is 5.13 Å². The van der Waals surface area contributed by atoms with Crippen molar-refractivity contribution in [2.75, 3.05) is 11.9 Å². The van der Waals surface area contributed by atoms with E-state index in [1.54, 1.807) is 23.7 Å². The molecule has 0 radical (unpaired) electrons. The van der Waals surface area contributed by atoms with Crippen LogP contribution in [0.2, 0.25) is 0 Å². The fraction of sp³-hybridized carbons (Fsp3) is 0.350. The molecule has 1 aliphatic rings. The molecule has 1 fully saturated rings. The summed E-state index contributed by atoms with van der Waals surface area (Å²) in [4.78, 5) is 33.7. The highest BCUT2D eigenvalue weighted by atomic mass is 32.1. The molecule has 4 heterocycles. The molecule has 3 aromatic rings. The molecule has 8 heteroatoms. The number of anilines is 2. The van der Waals surface area contributed by atoms with Crippen LogP contribution >= 0.6 is 11.3 Å². The lowest BCUT2D eigenvalue weighted by molar-refractivity contribution is 0.0726. The summed E-state index contributed by atoms with van der Waals surface area (Å²) in [6.45, 7) is 6.60. The average molecular weight is 395 g/mol. The standard InChI is InChI=1S/C20H22N6OS/c1-12-10-22-16(11-21-12)19(27)26-9-5-7-17(26)15-6-4-8-18(24-15)25-20-23-13(2)14(3)28-20/h4,6,8,10-11,17H,5,7,9H2,1-3H3,(H,23,24,25)/t17-/m1/s1. The van der Waals surface area contributed by atoms with Gasteiger partial charge in [-0.1, -0.05) is 6.07 Å². The van der Waals surface area contributed by atoms with Crippen LogP contribution in [0.5, 0.6) is 0 Å². The molecule has 144 valence electrons. The van der Waals surface area contributed by atoms with Gasteiger partial charge in [0.05, 0.1) is 29.3 Å². The van der Waals surface area contributed by atoms with Gasteiger partial charge in [0, 0.05) is 17.6 Å². The van der Waals surface area contributed by atoms with Crippen molar-refractivity contribution in [1.29, 1.82) is 0 Å². The van der Waals surface area contributed by atoms with E-state index in [1.165, 1.54) is 4.88 Å². The summed E-state index contributed by atoms with van der Waals surface area (Å²) in [6.07, 6.45) is 5.00. The van der Waals surface area contributed by atoms with Crippen LogP contribution in [0.15, 0.2) is 30.6 Å². The molecule has 1 amide bonds. The molecule has 0 aromatic carbocycles. The number of thiazole rings is 1. The van der Waals surface area contributed by atoms with E-state index in [1.807, 2.05) is 36.9 Å². The molecule has 7 nitrogen and oxygen atoms in total. The van der Waals surface area contributed by atoms with Crippen LogP contribution in [0.25, 0.3) is 0 Å². The van der Waals surface area contributed by atoms with E-state index in [-0.39, 0.29) is 11.9 Å². The summed E-state index contributed by atoms with van der Waals surface area (Å²) in [5.74, 6) is 0.641. The molecular weight excluding hydrogens is 372 g/mol. The van der Waals surface area contributed by atoms with Gasteiger partial charge in [-0.25, -0.2) is 15.0 Å². The van der Waals surface area contributed by atoms with Crippen molar-refractivity contribution >= 4 is 28.2 Å². The highest BCUT2D eigenvalue weighted by Crippen LogP contribution is 2.33. The molecule has 0 bridgehead atoms. The highest BCUT2D eigenvalue weighted by molar-refractivity contribution is 7.15. The van der Waals surface area contributed by atoms with Gasteiger partial charge in [0.25, 0.3) is 5.91 Å². The summed E-state index contributed by atoms with van der Waals surface area (Å²) in [6, 6.07) is 5.80. The number of pyridine rings is 1. The number of aromatic nitrogens is 4. The van der Waals surface area contributed by atoms with Gasteiger partial charge in [-0.15, -0.1) is 11.3 Å².